The zero-order valence-corrected chi connectivity index (χ0v) is 23.2. The molecule has 39 heavy (non-hydrogen) atoms. The van der Waals surface area contributed by atoms with Crippen molar-refractivity contribution in [2.45, 2.75) is 39.2 Å². The van der Waals surface area contributed by atoms with Gasteiger partial charge in [-0.3, -0.25) is 14.4 Å². The molecule has 2 aromatic carbocycles. The van der Waals surface area contributed by atoms with Crippen LogP contribution in [-0.2, 0) is 9.59 Å². The summed E-state index contributed by atoms with van der Waals surface area (Å²) in [6, 6.07) is 14.0. The largest absolute Gasteiger partial charge is 0.481 e. The van der Waals surface area contributed by atoms with Gasteiger partial charge in [-0.2, -0.15) is 0 Å². The molecule has 2 aromatic rings. The topological polar surface area (TPSA) is 128 Å². The van der Waals surface area contributed by atoms with Gasteiger partial charge in [0, 0.05) is 56.6 Å². The number of anilines is 1. The number of amides is 2. The number of carboxylic acid groups (broad SMARTS) is 1. The van der Waals surface area contributed by atoms with Gasteiger partial charge in [-0.05, 0) is 62.4 Å². The quantitative estimate of drug-likeness (QED) is 0.315. The third-order valence-electron chi connectivity index (χ3n) is 7.33. The highest BCUT2D eigenvalue weighted by atomic mass is 16.4. The van der Waals surface area contributed by atoms with E-state index in [0.717, 1.165) is 11.3 Å². The van der Waals surface area contributed by atoms with Crippen molar-refractivity contribution in [2.24, 2.45) is 22.1 Å². The summed E-state index contributed by atoms with van der Waals surface area (Å²) in [6.45, 7) is 8.23. The number of nitrogens with one attached hydrogen (secondary N) is 1. The van der Waals surface area contributed by atoms with Crippen molar-refractivity contribution in [1.29, 1.82) is 0 Å². The molecule has 4 N–H and O–H groups in total. The Morgan fingerprint density at radius 1 is 1.10 bits per heavy atom. The molecule has 3 rings (SSSR count). The highest BCUT2D eigenvalue weighted by Crippen LogP contribution is 2.37. The molecule has 1 unspecified atom stereocenters. The lowest BCUT2D eigenvalue weighted by atomic mass is 9.78. The third-order valence-corrected chi connectivity index (χ3v) is 7.33. The molecule has 0 aliphatic carbocycles. The number of hydrogen-bond donors (Lipinski definition) is 3. The molecule has 0 aromatic heterocycles. The van der Waals surface area contributed by atoms with Crippen molar-refractivity contribution in [2.75, 3.05) is 32.1 Å². The minimum absolute atomic E-state index is 0.0669. The number of nitrogens with two attached hydrogens (primary N) is 1. The lowest BCUT2D eigenvalue weighted by Gasteiger charge is -2.40. The number of benzene rings is 2. The molecule has 2 amide bonds. The van der Waals surface area contributed by atoms with Gasteiger partial charge in [-0.15, -0.1) is 0 Å². The number of carbonyl (C=O) groups excluding carboxylic acids is 2. The molecule has 1 saturated heterocycles. The highest BCUT2D eigenvalue weighted by molar-refractivity contribution is 6.00. The number of nitrogens with zero attached hydrogens (tertiary/aromatic N) is 3. The molecule has 1 aliphatic rings. The molecular weight excluding hydrogens is 494 g/mol. The van der Waals surface area contributed by atoms with Crippen LogP contribution in [0.25, 0.3) is 0 Å². The standard InChI is InChI=1S/C30H39N5O4/c1-6-32-27(31)22-7-9-23(10-8-22)28(38)33-26(21-11-13-24(14-12-21)34(4)5)30(2,3)29(39)35-17-15-20(16-18-35)19-25(36)37/h6-14,20,26H,1,15-19H2,2-5H3,(H2,31,32)(H,33,38)(H,36,37). The molecule has 1 atom stereocenters. The summed E-state index contributed by atoms with van der Waals surface area (Å²) < 4.78 is 0. The zero-order valence-electron chi connectivity index (χ0n) is 23.2. The molecular formula is C30H39N5O4. The van der Waals surface area contributed by atoms with Gasteiger partial charge in [0.1, 0.15) is 5.84 Å². The first-order valence-corrected chi connectivity index (χ1v) is 13.1. The Balaban J connectivity index is 1.87. The maximum absolute atomic E-state index is 13.9. The first kappa shape index (κ1) is 29.4. The molecule has 9 nitrogen and oxygen atoms in total. The summed E-state index contributed by atoms with van der Waals surface area (Å²) in [7, 11) is 3.90. The van der Waals surface area contributed by atoms with Crippen molar-refractivity contribution in [3.8, 4) is 0 Å². The number of carboxylic acids is 1. The van der Waals surface area contributed by atoms with Gasteiger partial charge in [0.05, 0.1) is 11.5 Å². The predicted octanol–water partition coefficient (Wildman–Crippen LogP) is 3.81. The second kappa shape index (κ2) is 12.6. The summed E-state index contributed by atoms with van der Waals surface area (Å²) in [4.78, 5) is 46.1. The van der Waals surface area contributed by atoms with Gasteiger partial charge in [-0.25, -0.2) is 4.99 Å². The van der Waals surface area contributed by atoms with Crippen LogP contribution >= 0.6 is 0 Å². The first-order chi connectivity index (χ1) is 18.4. The normalized spacial score (nSPS) is 15.4. The number of aliphatic imine (C=N–C) groups is 1. The molecule has 0 saturated carbocycles. The van der Waals surface area contributed by atoms with Gasteiger partial charge in [-0.1, -0.05) is 30.8 Å². The maximum atomic E-state index is 13.9. The molecule has 1 aliphatic heterocycles. The smallest absolute Gasteiger partial charge is 0.303 e. The van der Waals surface area contributed by atoms with E-state index in [-0.39, 0.29) is 24.2 Å². The van der Waals surface area contributed by atoms with Crippen molar-refractivity contribution < 1.29 is 19.5 Å². The first-order valence-electron chi connectivity index (χ1n) is 13.1. The molecule has 1 heterocycles. The number of carbonyl (C=O) groups is 3. The number of rotatable bonds is 10. The second-order valence-corrected chi connectivity index (χ2v) is 10.7. The zero-order chi connectivity index (χ0) is 28.7. The fraction of sp³-hybridized carbons (Fsp3) is 0.400. The summed E-state index contributed by atoms with van der Waals surface area (Å²) >= 11 is 0. The van der Waals surface area contributed by atoms with Crippen LogP contribution in [0.2, 0.25) is 0 Å². The van der Waals surface area contributed by atoms with Crippen LogP contribution < -0.4 is 16.0 Å². The summed E-state index contributed by atoms with van der Waals surface area (Å²) in [5.41, 5.74) is 7.86. The van der Waals surface area contributed by atoms with E-state index in [9.17, 15) is 14.4 Å². The van der Waals surface area contributed by atoms with E-state index in [1.54, 1.807) is 29.2 Å². The van der Waals surface area contributed by atoms with Crippen LogP contribution in [0.3, 0.4) is 0 Å². The summed E-state index contributed by atoms with van der Waals surface area (Å²) in [5, 5.41) is 12.2. The maximum Gasteiger partial charge on any atom is 0.303 e. The number of amidine groups is 1. The Bertz CT molecular complexity index is 1210. The van der Waals surface area contributed by atoms with Crippen LogP contribution in [0.15, 0.2) is 66.3 Å². The van der Waals surface area contributed by atoms with Crippen molar-refractivity contribution in [3.63, 3.8) is 0 Å². The van der Waals surface area contributed by atoms with Crippen LogP contribution in [0.4, 0.5) is 5.69 Å². The van der Waals surface area contributed by atoms with E-state index in [1.165, 1.54) is 6.20 Å². The van der Waals surface area contributed by atoms with Crippen LogP contribution in [0.1, 0.15) is 60.6 Å². The number of aliphatic carboxylic acids is 1. The number of piperidine rings is 1. The van der Waals surface area contributed by atoms with E-state index in [2.05, 4.69) is 16.9 Å². The van der Waals surface area contributed by atoms with E-state index in [1.807, 2.05) is 57.1 Å². The Morgan fingerprint density at radius 3 is 2.18 bits per heavy atom. The molecule has 0 bridgehead atoms. The van der Waals surface area contributed by atoms with E-state index in [0.29, 0.717) is 42.9 Å². The van der Waals surface area contributed by atoms with Gasteiger partial charge < -0.3 is 26.0 Å². The van der Waals surface area contributed by atoms with Crippen LogP contribution in [-0.4, -0.2) is 60.8 Å². The lowest BCUT2D eigenvalue weighted by molar-refractivity contribution is -0.144. The molecule has 0 spiro atoms. The van der Waals surface area contributed by atoms with E-state index >= 15 is 0 Å². The minimum atomic E-state index is -0.976. The van der Waals surface area contributed by atoms with E-state index < -0.39 is 17.4 Å². The lowest BCUT2D eigenvalue weighted by Crippen LogP contribution is -2.51. The Morgan fingerprint density at radius 2 is 1.67 bits per heavy atom. The van der Waals surface area contributed by atoms with Crippen LogP contribution in [0.5, 0.6) is 0 Å². The summed E-state index contributed by atoms with van der Waals surface area (Å²) in [5.74, 6) is -0.842. The number of hydrogen-bond acceptors (Lipinski definition) is 5. The average Bonchev–Trinajstić information content (AvgIpc) is 2.91. The molecule has 9 heteroatoms. The third kappa shape index (κ3) is 7.25. The molecule has 0 radical (unpaired) electrons. The minimum Gasteiger partial charge on any atom is -0.481 e. The SMILES string of the molecule is C=CN=C(N)c1ccc(C(=O)NC(c2ccc(N(C)C)cc2)C(C)(C)C(=O)N2CCC(CC(=O)O)CC2)cc1. The Hall–Kier alpha value is -4.14. The van der Waals surface area contributed by atoms with Crippen molar-refractivity contribution >= 4 is 29.3 Å². The van der Waals surface area contributed by atoms with Crippen molar-refractivity contribution in [1.82, 2.24) is 10.2 Å². The van der Waals surface area contributed by atoms with Gasteiger partial charge in [0.25, 0.3) is 5.91 Å². The number of likely N-dealkylation sites (tertiary alicyclic amines) is 1. The Kier molecular flexibility index (Phi) is 9.51. The highest BCUT2D eigenvalue weighted by Gasteiger charge is 2.42. The Labute approximate surface area is 230 Å². The van der Waals surface area contributed by atoms with Crippen LogP contribution in [0, 0.1) is 11.3 Å². The summed E-state index contributed by atoms with van der Waals surface area (Å²) in [6.07, 6.45) is 2.77. The van der Waals surface area contributed by atoms with E-state index in [4.69, 9.17) is 10.8 Å². The molecule has 1 fully saturated rings. The van der Waals surface area contributed by atoms with Crippen molar-refractivity contribution in [3.05, 3.63) is 78.0 Å². The van der Waals surface area contributed by atoms with Gasteiger partial charge >= 0.3 is 5.97 Å². The second-order valence-electron chi connectivity index (χ2n) is 10.7. The fourth-order valence-corrected chi connectivity index (χ4v) is 4.94. The average molecular weight is 534 g/mol. The molecule has 208 valence electrons. The fourth-order valence-electron chi connectivity index (χ4n) is 4.94. The van der Waals surface area contributed by atoms with Gasteiger partial charge in [0.2, 0.25) is 5.91 Å². The predicted molar refractivity (Wildman–Crippen MR) is 154 cm³/mol. The van der Waals surface area contributed by atoms with Gasteiger partial charge in [0.15, 0.2) is 0 Å². The monoisotopic (exact) mass is 533 g/mol.